The number of nitrogens with zero attached hydrogens (tertiary/aromatic N) is 2. The van der Waals surface area contributed by atoms with Gasteiger partial charge in [-0.15, -0.1) is 0 Å². The molecule has 0 radical (unpaired) electrons. The number of benzene rings is 1. The van der Waals surface area contributed by atoms with Crippen molar-refractivity contribution in [3.8, 4) is 5.75 Å². The second-order valence-corrected chi connectivity index (χ2v) is 5.30. The van der Waals surface area contributed by atoms with Crippen LogP contribution in [0.15, 0.2) is 41.6 Å². The molecule has 9 heteroatoms. The third kappa shape index (κ3) is 4.07. The molecule has 3 N–H and O–H groups in total. The van der Waals surface area contributed by atoms with Gasteiger partial charge in [-0.05, 0) is 24.3 Å². The van der Waals surface area contributed by atoms with Crippen LogP contribution in [0.5, 0.6) is 5.75 Å². The van der Waals surface area contributed by atoms with Crippen molar-refractivity contribution in [3.05, 3.63) is 36.7 Å². The predicted molar refractivity (Wildman–Crippen MR) is 77.4 cm³/mol. The minimum absolute atomic E-state index is 0. The van der Waals surface area contributed by atoms with Crippen molar-refractivity contribution in [3.63, 3.8) is 0 Å². The molecule has 0 fully saturated rings. The molecule has 1 aromatic carbocycles. The summed E-state index contributed by atoms with van der Waals surface area (Å²) in [5.74, 6) is 0.410. The molecule has 7 nitrogen and oxygen atoms in total. The van der Waals surface area contributed by atoms with Crippen LogP contribution in [-0.4, -0.2) is 55.1 Å². The summed E-state index contributed by atoms with van der Waals surface area (Å²) in [6.07, 6.45) is 2.74. The van der Waals surface area contributed by atoms with Crippen molar-refractivity contribution in [2.75, 3.05) is 17.6 Å². The molecule has 102 valence electrons. The first-order valence-corrected chi connectivity index (χ1v) is 6.74. The fourth-order valence-corrected chi connectivity index (χ4v) is 2.26. The standard InChI is InChI=1S/C11H12N4O3S.Na.H/c1-18-9-6-13-11(14-7-9)15-19(16,17)10-4-2-8(12)3-5-10;;/h2-7H,12H2,1H3,(H,13,14,15);;. The topological polar surface area (TPSA) is 107 Å². The zero-order chi connectivity index (χ0) is 13.9. The molecule has 2 rings (SSSR count). The summed E-state index contributed by atoms with van der Waals surface area (Å²) in [6, 6.07) is 5.81. The number of hydrogen-bond acceptors (Lipinski definition) is 6. The summed E-state index contributed by atoms with van der Waals surface area (Å²) in [6.45, 7) is 0. The Morgan fingerprint density at radius 1 is 1.15 bits per heavy atom. The SMILES string of the molecule is COc1cnc(NS(=O)(=O)c2ccc(N)cc2)nc1.[NaH]. The Kier molecular flexibility index (Phi) is 5.75. The molecule has 0 bridgehead atoms. The van der Waals surface area contributed by atoms with Crippen LogP contribution in [-0.2, 0) is 10.0 Å². The predicted octanol–water partition coefficient (Wildman–Crippen LogP) is 0.220. The molecule has 1 aromatic heterocycles. The minimum atomic E-state index is -3.72. The van der Waals surface area contributed by atoms with E-state index in [0.717, 1.165) is 0 Å². The Morgan fingerprint density at radius 2 is 1.70 bits per heavy atom. The number of nitrogen functional groups attached to an aromatic ring is 1. The summed E-state index contributed by atoms with van der Waals surface area (Å²) >= 11 is 0. The van der Waals surface area contributed by atoms with Crippen LogP contribution in [0.4, 0.5) is 11.6 Å². The molecule has 20 heavy (non-hydrogen) atoms. The number of nitrogens with one attached hydrogen (secondary N) is 1. The van der Waals surface area contributed by atoms with Gasteiger partial charge in [0, 0.05) is 5.69 Å². The van der Waals surface area contributed by atoms with E-state index in [1.807, 2.05) is 0 Å². The fraction of sp³-hybridized carbons (Fsp3) is 0.0909. The van der Waals surface area contributed by atoms with E-state index in [-0.39, 0.29) is 40.4 Å². The number of methoxy groups -OCH3 is 1. The molecule has 0 aliphatic carbocycles. The van der Waals surface area contributed by atoms with Crippen molar-refractivity contribution in [2.45, 2.75) is 4.90 Å². The van der Waals surface area contributed by atoms with Gasteiger partial charge in [0.15, 0.2) is 5.75 Å². The van der Waals surface area contributed by atoms with Crippen LogP contribution in [0, 0.1) is 0 Å². The summed E-state index contributed by atoms with van der Waals surface area (Å²) in [4.78, 5) is 7.74. The van der Waals surface area contributed by atoms with Crippen molar-refractivity contribution >= 4 is 51.2 Å². The molecule has 0 amide bonds. The van der Waals surface area contributed by atoms with Crippen LogP contribution in [0.1, 0.15) is 0 Å². The Labute approximate surface area is 138 Å². The molecule has 2 aromatic rings. The molecule has 0 saturated carbocycles. The average molecular weight is 304 g/mol. The molecule has 0 unspecified atom stereocenters. The van der Waals surface area contributed by atoms with Crippen molar-refractivity contribution in [1.29, 1.82) is 0 Å². The first-order chi connectivity index (χ1) is 9.01. The zero-order valence-electron chi connectivity index (χ0n) is 10.1. The fourth-order valence-electron chi connectivity index (χ4n) is 1.30. The van der Waals surface area contributed by atoms with E-state index in [1.54, 1.807) is 0 Å². The Morgan fingerprint density at radius 3 is 2.20 bits per heavy atom. The second-order valence-electron chi connectivity index (χ2n) is 3.62. The number of ether oxygens (including phenoxy) is 1. The van der Waals surface area contributed by atoms with Gasteiger partial charge in [-0.1, -0.05) is 0 Å². The van der Waals surface area contributed by atoms with E-state index in [9.17, 15) is 8.42 Å². The second kappa shape index (κ2) is 6.89. The Balaban J connectivity index is 0.00000200. The third-order valence-corrected chi connectivity index (χ3v) is 3.62. The van der Waals surface area contributed by atoms with Gasteiger partial charge in [-0.3, -0.25) is 0 Å². The summed E-state index contributed by atoms with van der Waals surface area (Å²) in [5, 5.41) is 0. The molecule has 1 heterocycles. The first-order valence-electron chi connectivity index (χ1n) is 5.25. The quantitative estimate of drug-likeness (QED) is 0.618. The van der Waals surface area contributed by atoms with Gasteiger partial charge < -0.3 is 10.5 Å². The molecule has 0 spiro atoms. The zero-order valence-corrected chi connectivity index (χ0v) is 10.9. The van der Waals surface area contributed by atoms with Gasteiger partial charge in [0.05, 0.1) is 24.4 Å². The van der Waals surface area contributed by atoms with Gasteiger partial charge in [-0.25, -0.2) is 23.1 Å². The van der Waals surface area contributed by atoms with E-state index in [0.29, 0.717) is 11.4 Å². The summed E-state index contributed by atoms with van der Waals surface area (Å²) < 4.78 is 31.1. The Hall–Kier alpha value is -1.35. The van der Waals surface area contributed by atoms with Crippen molar-refractivity contribution in [2.24, 2.45) is 0 Å². The van der Waals surface area contributed by atoms with Crippen molar-refractivity contribution < 1.29 is 13.2 Å². The van der Waals surface area contributed by atoms with Crippen LogP contribution in [0.25, 0.3) is 0 Å². The normalized spacial score (nSPS) is 10.4. The maximum absolute atomic E-state index is 12.0. The van der Waals surface area contributed by atoms with Gasteiger partial charge in [0.2, 0.25) is 5.95 Å². The number of rotatable bonds is 4. The van der Waals surface area contributed by atoms with Crippen LogP contribution in [0.2, 0.25) is 0 Å². The van der Waals surface area contributed by atoms with E-state index in [4.69, 9.17) is 10.5 Å². The van der Waals surface area contributed by atoms with Crippen LogP contribution in [0.3, 0.4) is 0 Å². The number of nitrogens with two attached hydrogens (primary N) is 1. The number of aromatic nitrogens is 2. The van der Waals surface area contributed by atoms with Gasteiger partial charge in [0.1, 0.15) is 0 Å². The summed E-state index contributed by atoms with van der Waals surface area (Å²) in [7, 11) is -2.25. The third-order valence-electron chi connectivity index (χ3n) is 2.28. The monoisotopic (exact) mass is 304 g/mol. The molecule has 0 atom stereocenters. The van der Waals surface area contributed by atoms with E-state index in [1.165, 1.54) is 43.8 Å². The molecular weight excluding hydrogens is 291 g/mol. The number of sulfonamides is 1. The van der Waals surface area contributed by atoms with Crippen LogP contribution < -0.4 is 15.2 Å². The molecule has 0 aliphatic heterocycles. The number of hydrogen-bond donors (Lipinski definition) is 2. The van der Waals surface area contributed by atoms with E-state index >= 15 is 0 Å². The van der Waals surface area contributed by atoms with E-state index in [2.05, 4.69) is 14.7 Å². The molecular formula is C11H13N4NaO3S. The van der Waals surface area contributed by atoms with Gasteiger partial charge in [0.25, 0.3) is 10.0 Å². The average Bonchev–Trinajstić information content (AvgIpc) is 2.40. The van der Waals surface area contributed by atoms with Gasteiger partial charge >= 0.3 is 29.6 Å². The number of anilines is 2. The first kappa shape index (κ1) is 16.7. The van der Waals surface area contributed by atoms with Crippen LogP contribution >= 0.6 is 0 Å². The molecule has 0 saturated heterocycles. The van der Waals surface area contributed by atoms with Gasteiger partial charge in [-0.2, -0.15) is 0 Å². The molecule has 0 aliphatic rings. The van der Waals surface area contributed by atoms with Crippen molar-refractivity contribution in [1.82, 2.24) is 9.97 Å². The summed E-state index contributed by atoms with van der Waals surface area (Å²) in [5.41, 5.74) is 5.99. The van der Waals surface area contributed by atoms with E-state index < -0.39 is 10.0 Å². The Bertz CT molecular complexity index is 659. The maximum atomic E-state index is 12.0.